The molecule has 0 amide bonds. The van der Waals surface area contributed by atoms with E-state index >= 15 is 0 Å². The van der Waals surface area contributed by atoms with Crippen LogP contribution in [0.25, 0.3) is 16.6 Å². The predicted molar refractivity (Wildman–Crippen MR) is 103 cm³/mol. The Morgan fingerprint density at radius 1 is 1.08 bits per heavy atom. The fourth-order valence-electron chi connectivity index (χ4n) is 2.86. The maximum Gasteiger partial charge on any atom is 0.134 e. The van der Waals surface area contributed by atoms with E-state index < -0.39 is 0 Å². The molecule has 0 unspecified atom stereocenters. The maximum atomic E-state index is 6.44. The number of aryl methyl sites for hydroxylation is 1. The van der Waals surface area contributed by atoms with Crippen LogP contribution < -0.4 is 10.9 Å². The van der Waals surface area contributed by atoms with Gasteiger partial charge >= 0.3 is 0 Å². The molecule has 4 rings (SSSR count). The first-order chi connectivity index (χ1) is 11.6. The highest BCUT2D eigenvalue weighted by Gasteiger charge is 2.21. The number of aromatic nitrogens is 1. The minimum absolute atomic E-state index is 0.0191. The molecule has 2 heterocycles. The molecule has 0 fully saturated rings. The molecule has 0 aliphatic carbocycles. The van der Waals surface area contributed by atoms with E-state index in [1.54, 1.807) is 0 Å². The van der Waals surface area contributed by atoms with Crippen LogP contribution in [-0.2, 0) is 0 Å². The first-order valence-electron chi connectivity index (χ1n) is 7.66. The van der Waals surface area contributed by atoms with E-state index in [-0.39, 0.29) is 6.04 Å². The van der Waals surface area contributed by atoms with Gasteiger partial charge in [-0.3, -0.25) is 0 Å². The van der Waals surface area contributed by atoms with Crippen LogP contribution in [0.2, 0.25) is 5.15 Å². The van der Waals surface area contributed by atoms with Gasteiger partial charge in [-0.05, 0) is 48.4 Å². The molecule has 1 aliphatic heterocycles. The van der Waals surface area contributed by atoms with E-state index in [1.807, 2.05) is 12.1 Å². The van der Waals surface area contributed by atoms with Crippen LogP contribution in [0.3, 0.4) is 0 Å². The van der Waals surface area contributed by atoms with E-state index in [0.29, 0.717) is 5.15 Å². The summed E-state index contributed by atoms with van der Waals surface area (Å²) in [5.74, 6) is 0. The third kappa shape index (κ3) is 2.93. The van der Waals surface area contributed by atoms with E-state index in [1.165, 1.54) is 5.56 Å². The van der Waals surface area contributed by atoms with Gasteiger partial charge in [0.1, 0.15) is 5.15 Å². The summed E-state index contributed by atoms with van der Waals surface area (Å²) in [5.41, 5.74) is 11.7. The number of nitrogens with zero attached hydrogens (tertiary/aromatic N) is 1. The largest absolute Gasteiger partial charge is 0.320 e. The van der Waals surface area contributed by atoms with Crippen LogP contribution in [0.5, 0.6) is 0 Å². The summed E-state index contributed by atoms with van der Waals surface area (Å²) in [6.07, 6.45) is 2.13. The zero-order chi connectivity index (χ0) is 16.7. The molecule has 2 aromatic carbocycles. The van der Waals surface area contributed by atoms with E-state index in [9.17, 15) is 0 Å². The molecule has 0 radical (unpaired) electrons. The van der Waals surface area contributed by atoms with Gasteiger partial charge in [-0.1, -0.05) is 51.8 Å². The molecule has 5 heteroatoms. The summed E-state index contributed by atoms with van der Waals surface area (Å²) in [6, 6.07) is 16.5. The van der Waals surface area contributed by atoms with Gasteiger partial charge < -0.3 is 5.43 Å². The highest BCUT2D eigenvalue weighted by Crippen LogP contribution is 2.31. The van der Waals surface area contributed by atoms with E-state index in [2.05, 4.69) is 81.2 Å². The van der Waals surface area contributed by atoms with Gasteiger partial charge in [0.05, 0.1) is 17.3 Å². The molecule has 0 saturated heterocycles. The molecule has 120 valence electrons. The zero-order valence-electron chi connectivity index (χ0n) is 13.0. The fourth-order valence-corrected chi connectivity index (χ4v) is 3.39. The van der Waals surface area contributed by atoms with Gasteiger partial charge in [0, 0.05) is 15.4 Å². The Balaban J connectivity index is 1.71. The summed E-state index contributed by atoms with van der Waals surface area (Å²) in [5, 5.41) is 1.62. The molecular formula is C19H15BrClN3. The van der Waals surface area contributed by atoms with Crippen molar-refractivity contribution in [2.45, 2.75) is 13.0 Å². The van der Waals surface area contributed by atoms with Crippen molar-refractivity contribution in [3.63, 3.8) is 0 Å². The van der Waals surface area contributed by atoms with Crippen molar-refractivity contribution >= 4 is 44.1 Å². The number of hydrazine groups is 1. The molecule has 1 aromatic heterocycles. The second kappa shape index (κ2) is 6.20. The Bertz CT molecular complexity index is 951. The monoisotopic (exact) mass is 399 g/mol. The molecule has 0 spiro atoms. The third-order valence-electron chi connectivity index (χ3n) is 4.14. The van der Waals surface area contributed by atoms with Crippen molar-refractivity contribution in [3.05, 3.63) is 80.9 Å². The van der Waals surface area contributed by atoms with Crippen LogP contribution in [-0.4, -0.2) is 4.98 Å². The summed E-state index contributed by atoms with van der Waals surface area (Å²) in [4.78, 5) is 4.55. The van der Waals surface area contributed by atoms with Gasteiger partial charge in [-0.25, -0.2) is 10.4 Å². The maximum absolute atomic E-state index is 6.44. The molecule has 0 bridgehead atoms. The molecule has 3 aromatic rings. The number of nitrogens with one attached hydrogen (secondary N) is 2. The van der Waals surface area contributed by atoms with Crippen molar-refractivity contribution in [2.24, 2.45) is 0 Å². The van der Waals surface area contributed by atoms with Gasteiger partial charge in [-0.15, -0.1) is 0 Å². The average Bonchev–Trinajstić information content (AvgIpc) is 3.04. The molecule has 0 saturated carbocycles. The Hall–Kier alpha value is -1.88. The van der Waals surface area contributed by atoms with E-state index in [4.69, 9.17) is 11.6 Å². The number of halogens is 2. The molecule has 1 aliphatic rings. The Labute approximate surface area is 153 Å². The lowest BCUT2D eigenvalue weighted by Gasteiger charge is -2.12. The number of fused-ring (bicyclic) bond motifs is 1. The first-order valence-corrected chi connectivity index (χ1v) is 8.83. The molecule has 2 N–H and O–H groups in total. The lowest BCUT2D eigenvalue weighted by Crippen LogP contribution is -2.26. The standard InChI is InChI=1S/C19H15BrClN3/c1-11-2-3-13-9-15(19(21)22-16(13)8-11)18-10-17(23-24-18)12-4-6-14(20)7-5-12/h2-10,18,23-24H,1H3/t18-/m0/s1. The highest BCUT2D eigenvalue weighted by atomic mass is 79.9. The number of hydrogen-bond donors (Lipinski definition) is 2. The minimum Gasteiger partial charge on any atom is -0.320 e. The van der Waals surface area contributed by atoms with Crippen molar-refractivity contribution in [1.29, 1.82) is 0 Å². The molecule has 1 atom stereocenters. The topological polar surface area (TPSA) is 37.0 Å². The smallest absolute Gasteiger partial charge is 0.134 e. The van der Waals surface area contributed by atoms with Gasteiger partial charge in [0.25, 0.3) is 0 Å². The number of rotatable bonds is 2. The quantitative estimate of drug-likeness (QED) is 0.584. The van der Waals surface area contributed by atoms with Crippen molar-refractivity contribution in [3.8, 4) is 0 Å². The van der Waals surface area contributed by atoms with Crippen molar-refractivity contribution in [1.82, 2.24) is 15.8 Å². The van der Waals surface area contributed by atoms with Gasteiger partial charge in [-0.2, -0.15) is 0 Å². The minimum atomic E-state index is -0.0191. The van der Waals surface area contributed by atoms with E-state index in [0.717, 1.165) is 32.2 Å². The number of pyridine rings is 1. The molecule has 3 nitrogen and oxygen atoms in total. The van der Waals surface area contributed by atoms with Crippen LogP contribution in [0, 0.1) is 6.92 Å². The first kappa shape index (κ1) is 15.6. The summed E-state index contributed by atoms with van der Waals surface area (Å²) < 4.78 is 1.06. The Morgan fingerprint density at radius 3 is 2.67 bits per heavy atom. The molecular weight excluding hydrogens is 386 g/mol. The lowest BCUT2D eigenvalue weighted by atomic mass is 10.0. The van der Waals surface area contributed by atoms with Crippen LogP contribution in [0.4, 0.5) is 0 Å². The number of hydrogen-bond acceptors (Lipinski definition) is 3. The number of benzene rings is 2. The summed E-state index contributed by atoms with van der Waals surface area (Å²) >= 11 is 9.89. The highest BCUT2D eigenvalue weighted by molar-refractivity contribution is 9.10. The fraction of sp³-hybridized carbons (Fsp3) is 0.105. The second-order valence-corrected chi connectivity index (χ2v) is 7.17. The van der Waals surface area contributed by atoms with Crippen LogP contribution >= 0.6 is 27.5 Å². The Morgan fingerprint density at radius 2 is 1.88 bits per heavy atom. The SMILES string of the molecule is Cc1ccc2cc([C@@H]3C=C(c4ccc(Br)cc4)NN3)c(Cl)nc2c1. The molecule has 24 heavy (non-hydrogen) atoms. The normalized spacial score (nSPS) is 17.0. The lowest BCUT2D eigenvalue weighted by molar-refractivity contribution is 0.615. The van der Waals surface area contributed by atoms with Gasteiger partial charge in [0.15, 0.2) is 0 Å². The van der Waals surface area contributed by atoms with Crippen molar-refractivity contribution < 1.29 is 0 Å². The predicted octanol–water partition coefficient (Wildman–Crippen LogP) is 5.15. The van der Waals surface area contributed by atoms with Crippen molar-refractivity contribution in [2.75, 3.05) is 0 Å². The average molecular weight is 401 g/mol. The summed E-state index contributed by atoms with van der Waals surface area (Å²) in [6.45, 7) is 2.05. The van der Waals surface area contributed by atoms with Crippen LogP contribution in [0.15, 0.2) is 59.1 Å². The van der Waals surface area contributed by atoms with Crippen LogP contribution in [0.1, 0.15) is 22.7 Å². The third-order valence-corrected chi connectivity index (χ3v) is 4.97. The summed E-state index contributed by atoms with van der Waals surface area (Å²) in [7, 11) is 0. The van der Waals surface area contributed by atoms with Gasteiger partial charge in [0.2, 0.25) is 0 Å². The zero-order valence-corrected chi connectivity index (χ0v) is 15.3. The second-order valence-electron chi connectivity index (χ2n) is 5.90. The Kier molecular flexibility index (Phi) is 4.04.